The SMILES string of the molecule is O=C(OC1CCCCC1=O)c1cc(-c2cccs2)nn1-c1ccccc1. The molecule has 1 aliphatic rings. The van der Waals surface area contributed by atoms with Crippen molar-refractivity contribution >= 4 is 23.1 Å². The summed E-state index contributed by atoms with van der Waals surface area (Å²) in [4.78, 5) is 25.8. The zero-order valence-electron chi connectivity index (χ0n) is 14.1. The topological polar surface area (TPSA) is 61.2 Å². The minimum absolute atomic E-state index is 0.00820. The van der Waals surface area contributed by atoms with Crippen molar-refractivity contribution in [3.8, 4) is 16.3 Å². The Labute approximate surface area is 155 Å². The van der Waals surface area contributed by atoms with E-state index < -0.39 is 12.1 Å². The smallest absolute Gasteiger partial charge is 0.357 e. The maximum atomic E-state index is 12.8. The lowest BCUT2D eigenvalue weighted by Gasteiger charge is -2.20. The third-order valence-electron chi connectivity index (χ3n) is 4.44. The number of para-hydroxylation sites is 1. The van der Waals surface area contributed by atoms with E-state index in [-0.39, 0.29) is 5.78 Å². The highest BCUT2D eigenvalue weighted by Gasteiger charge is 2.28. The number of carbonyl (C=O) groups is 2. The summed E-state index contributed by atoms with van der Waals surface area (Å²) in [6.45, 7) is 0. The number of benzene rings is 1. The van der Waals surface area contributed by atoms with Gasteiger partial charge in [0.15, 0.2) is 17.6 Å². The third kappa shape index (κ3) is 3.32. The molecule has 4 rings (SSSR count). The number of thiophene rings is 1. The van der Waals surface area contributed by atoms with Crippen LogP contribution >= 0.6 is 11.3 Å². The minimum atomic E-state index is -0.638. The van der Waals surface area contributed by atoms with Gasteiger partial charge in [-0.2, -0.15) is 5.10 Å². The fraction of sp³-hybridized carbons (Fsp3) is 0.250. The predicted octanol–water partition coefficient (Wildman–Crippen LogP) is 4.27. The first-order valence-electron chi connectivity index (χ1n) is 8.65. The molecule has 0 amide bonds. The largest absolute Gasteiger partial charge is 0.450 e. The fourth-order valence-corrected chi connectivity index (χ4v) is 3.78. The van der Waals surface area contributed by atoms with E-state index in [1.807, 2.05) is 47.8 Å². The van der Waals surface area contributed by atoms with Crippen LogP contribution in [0.3, 0.4) is 0 Å². The Morgan fingerprint density at radius 3 is 2.73 bits per heavy atom. The Morgan fingerprint density at radius 1 is 1.15 bits per heavy atom. The van der Waals surface area contributed by atoms with E-state index in [2.05, 4.69) is 5.10 Å². The Bertz CT molecular complexity index is 916. The van der Waals surface area contributed by atoms with E-state index >= 15 is 0 Å². The van der Waals surface area contributed by atoms with Crippen molar-refractivity contribution in [3.63, 3.8) is 0 Å². The van der Waals surface area contributed by atoms with Crippen molar-refractivity contribution in [3.05, 3.63) is 59.6 Å². The standard InChI is InChI=1S/C20H18N2O3S/c23-17-9-4-5-10-18(17)25-20(24)16-13-15(19-11-6-12-26-19)21-22(16)14-7-2-1-3-8-14/h1-3,6-8,11-13,18H,4-5,9-10H2. The normalized spacial score (nSPS) is 17.2. The first-order chi connectivity index (χ1) is 12.7. The number of hydrogen-bond donors (Lipinski definition) is 0. The van der Waals surface area contributed by atoms with Gasteiger partial charge in [0.05, 0.1) is 10.6 Å². The predicted molar refractivity (Wildman–Crippen MR) is 99.6 cm³/mol. The second kappa shape index (κ2) is 7.25. The number of rotatable bonds is 4. The molecule has 3 aromatic rings. The maximum Gasteiger partial charge on any atom is 0.357 e. The van der Waals surface area contributed by atoms with Crippen molar-refractivity contribution in [2.45, 2.75) is 31.8 Å². The van der Waals surface area contributed by atoms with Crippen LogP contribution < -0.4 is 0 Å². The minimum Gasteiger partial charge on any atom is -0.450 e. The van der Waals surface area contributed by atoms with Crippen molar-refractivity contribution in [2.75, 3.05) is 0 Å². The van der Waals surface area contributed by atoms with Gasteiger partial charge in [-0.3, -0.25) is 4.79 Å². The zero-order chi connectivity index (χ0) is 17.9. The van der Waals surface area contributed by atoms with Crippen LogP contribution in [0.25, 0.3) is 16.3 Å². The highest BCUT2D eigenvalue weighted by Crippen LogP contribution is 2.27. The average Bonchev–Trinajstić information content (AvgIpc) is 3.34. The van der Waals surface area contributed by atoms with E-state index in [1.165, 1.54) is 0 Å². The first kappa shape index (κ1) is 16.7. The molecule has 1 fully saturated rings. The third-order valence-corrected chi connectivity index (χ3v) is 5.33. The van der Waals surface area contributed by atoms with Gasteiger partial charge in [0.1, 0.15) is 5.69 Å². The van der Waals surface area contributed by atoms with Crippen LogP contribution in [-0.4, -0.2) is 27.6 Å². The molecule has 1 aliphatic carbocycles. The average molecular weight is 366 g/mol. The highest BCUT2D eigenvalue weighted by molar-refractivity contribution is 7.13. The molecule has 26 heavy (non-hydrogen) atoms. The molecule has 0 spiro atoms. The highest BCUT2D eigenvalue weighted by atomic mass is 32.1. The Hall–Kier alpha value is -2.73. The van der Waals surface area contributed by atoms with Gasteiger partial charge in [0.2, 0.25) is 0 Å². The van der Waals surface area contributed by atoms with Crippen LogP contribution in [-0.2, 0) is 9.53 Å². The monoisotopic (exact) mass is 366 g/mol. The summed E-state index contributed by atoms with van der Waals surface area (Å²) < 4.78 is 7.12. The van der Waals surface area contributed by atoms with Crippen LogP contribution in [0.15, 0.2) is 53.9 Å². The van der Waals surface area contributed by atoms with E-state index in [9.17, 15) is 9.59 Å². The van der Waals surface area contributed by atoms with Crippen LogP contribution in [0.4, 0.5) is 0 Å². The molecule has 2 heterocycles. The molecule has 1 atom stereocenters. The number of ether oxygens (including phenoxy) is 1. The fourth-order valence-electron chi connectivity index (χ4n) is 3.10. The number of aromatic nitrogens is 2. The molecule has 5 nitrogen and oxygen atoms in total. The lowest BCUT2D eigenvalue weighted by Crippen LogP contribution is -2.30. The van der Waals surface area contributed by atoms with Crippen molar-refractivity contribution in [1.29, 1.82) is 0 Å². The van der Waals surface area contributed by atoms with Crippen LogP contribution in [0.2, 0.25) is 0 Å². The van der Waals surface area contributed by atoms with E-state index in [4.69, 9.17) is 4.74 Å². The molecule has 0 aliphatic heterocycles. The van der Waals surface area contributed by atoms with Crippen LogP contribution in [0, 0.1) is 0 Å². The Morgan fingerprint density at radius 2 is 2.00 bits per heavy atom. The molecular formula is C20H18N2O3S. The molecule has 0 N–H and O–H groups in total. The first-order valence-corrected chi connectivity index (χ1v) is 9.53. The summed E-state index contributed by atoms with van der Waals surface area (Å²) in [6, 6.07) is 15.1. The van der Waals surface area contributed by atoms with Crippen molar-refractivity contribution in [2.24, 2.45) is 0 Å². The van der Waals surface area contributed by atoms with E-state index in [1.54, 1.807) is 22.1 Å². The molecule has 0 radical (unpaired) electrons. The Kier molecular flexibility index (Phi) is 4.67. The number of Topliss-reactive ketones (excluding diaryl/α,β-unsaturated/α-hetero) is 1. The zero-order valence-corrected chi connectivity index (χ0v) is 14.9. The van der Waals surface area contributed by atoms with E-state index in [0.29, 0.717) is 24.2 Å². The molecule has 0 bridgehead atoms. The number of hydrogen-bond acceptors (Lipinski definition) is 5. The maximum absolute atomic E-state index is 12.8. The number of nitrogens with zero attached hydrogens (tertiary/aromatic N) is 2. The summed E-state index contributed by atoms with van der Waals surface area (Å²) in [5.41, 5.74) is 1.82. The molecule has 1 saturated carbocycles. The molecule has 132 valence electrons. The summed E-state index contributed by atoms with van der Waals surface area (Å²) >= 11 is 1.56. The van der Waals surface area contributed by atoms with Gasteiger partial charge in [-0.1, -0.05) is 24.3 Å². The number of ketones is 1. The van der Waals surface area contributed by atoms with Crippen LogP contribution in [0.5, 0.6) is 0 Å². The van der Waals surface area contributed by atoms with Crippen LogP contribution in [0.1, 0.15) is 36.2 Å². The molecule has 6 heteroatoms. The second-order valence-corrected chi connectivity index (χ2v) is 7.19. The summed E-state index contributed by atoms with van der Waals surface area (Å²) in [5.74, 6) is -0.502. The molecule has 0 saturated heterocycles. The quantitative estimate of drug-likeness (QED) is 0.647. The van der Waals surface area contributed by atoms with Crippen molar-refractivity contribution in [1.82, 2.24) is 9.78 Å². The van der Waals surface area contributed by atoms with E-state index in [0.717, 1.165) is 23.4 Å². The lowest BCUT2D eigenvalue weighted by atomic mass is 9.96. The number of esters is 1. The number of carbonyl (C=O) groups excluding carboxylic acids is 2. The van der Waals surface area contributed by atoms with Gasteiger partial charge in [-0.05, 0) is 42.8 Å². The molecular weight excluding hydrogens is 348 g/mol. The Balaban J connectivity index is 1.69. The lowest BCUT2D eigenvalue weighted by molar-refractivity contribution is -0.129. The van der Waals surface area contributed by atoms with Crippen molar-refractivity contribution < 1.29 is 14.3 Å². The second-order valence-electron chi connectivity index (χ2n) is 6.25. The summed E-state index contributed by atoms with van der Waals surface area (Å²) in [7, 11) is 0. The van der Waals surface area contributed by atoms with Gasteiger partial charge in [-0.15, -0.1) is 11.3 Å². The molecule has 1 unspecified atom stereocenters. The van der Waals surface area contributed by atoms with Gasteiger partial charge >= 0.3 is 5.97 Å². The van der Waals surface area contributed by atoms with Gasteiger partial charge < -0.3 is 4.74 Å². The summed E-state index contributed by atoms with van der Waals surface area (Å²) in [6.07, 6.45) is 2.22. The van der Waals surface area contributed by atoms with Gasteiger partial charge in [0.25, 0.3) is 0 Å². The molecule has 2 aromatic heterocycles. The van der Waals surface area contributed by atoms with Gasteiger partial charge in [0, 0.05) is 12.5 Å². The summed E-state index contributed by atoms with van der Waals surface area (Å²) in [5, 5.41) is 6.57. The molecule has 1 aromatic carbocycles. The van der Waals surface area contributed by atoms with Gasteiger partial charge in [-0.25, -0.2) is 9.48 Å².